The smallest absolute Gasteiger partial charge is 0.229 e. The van der Waals surface area contributed by atoms with Gasteiger partial charge in [0.05, 0.1) is 5.41 Å². The SMILES string of the molecule is CCC(C)(CN)C(=O)N(C)Cc1ccc(C)cc1. The van der Waals surface area contributed by atoms with E-state index in [1.54, 1.807) is 4.90 Å². The summed E-state index contributed by atoms with van der Waals surface area (Å²) in [6.45, 7) is 7.02. The number of amides is 1. The van der Waals surface area contributed by atoms with Gasteiger partial charge in [-0.3, -0.25) is 4.79 Å². The highest BCUT2D eigenvalue weighted by Crippen LogP contribution is 2.22. The molecule has 3 heteroatoms. The van der Waals surface area contributed by atoms with Crippen molar-refractivity contribution >= 4 is 5.91 Å². The van der Waals surface area contributed by atoms with E-state index in [4.69, 9.17) is 5.73 Å². The number of aryl methyl sites for hydroxylation is 1. The summed E-state index contributed by atoms with van der Waals surface area (Å²) in [4.78, 5) is 14.1. The van der Waals surface area contributed by atoms with E-state index in [2.05, 4.69) is 31.2 Å². The molecule has 0 heterocycles. The molecular formula is C15H24N2O. The van der Waals surface area contributed by atoms with E-state index in [0.717, 1.165) is 12.0 Å². The minimum absolute atomic E-state index is 0.119. The lowest BCUT2D eigenvalue weighted by atomic mass is 9.86. The molecule has 18 heavy (non-hydrogen) atoms. The van der Waals surface area contributed by atoms with Gasteiger partial charge in [0.1, 0.15) is 0 Å². The predicted octanol–water partition coefficient (Wildman–Crippen LogP) is 2.33. The second-order valence-electron chi connectivity index (χ2n) is 5.27. The van der Waals surface area contributed by atoms with E-state index < -0.39 is 5.41 Å². The normalized spacial score (nSPS) is 14.1. The molecule has 1 aromatic rings. The van der Waals surface area contributed by atoms with Crippen LogP contribution in [0, 0.1) is 12.3 Å². The summed E-state index contributed by atoms with van der Waals surface area (Å²) in [6, 6.07) is 8.25. The zero-order valence-corrected chi connectivity index (χ0v) is 11.9. The van der Waals surface area contributed by atoms with E-state index in [1.165, 1.54) is 5.56 Å². The molecule has 0 spiro atoms. The van der Waals surface area contributed by atoms with Crippen LogP contribution in [0.2, 0.25) is 0 Å². The highest BCUT2D eigenvalue weighted by atomic mass is 16.2. The van der Waals surface area contributed by atoms with Gasteiger partial charge in [-0.1, -0.05) is 36.8 Å². The first-order chi connectivity index (χ1) is 8.42. The Hall–Kier alpha value is -1.35. The highest BCUT2D eigenvalue weighted by molar-refractivity contribution is 5.82. The van der Waals surface area contributed by atoms with Gasteiger partial charge in [-0.25, -0.2) is 0 Å². The van der Waals surface area contributed by atoms with Gasteiger partial charge in [-0.2, -0.15) is 0 Å². The summed E-state index contributed by atoms with van der Waals surface area (Å²) in [5.41, 5.74) is 7.65. The van der Waals surface area contributed by atoms with Gasteiger partial charge < -0.3 is 10.6 Å². The third-order valence-electron chi connectivity index (χ3n) is 3.63. The van der Waals surface area contributed by atoms with Crippen LogP contribution < -0.4 is 5.73 Å². The van der Waals surface area contributed by atoms with Crippen LogP contribution in [-0.2, 0) is 11.3 Å². The number of rotatable bonds is 5. The number of hydrogen-bond donors (Lipinski definition) is 1. The summed E-state index contributed by atoms with van der Waals surface area (Å²) in [6.07, 6.45) is 0.764. The quantitative estimate of drug-likeness (QED) is 0.869. The largest absolute Gasteiger partial charge is 0.341 e. The topological polar surface area (TPSA) is 46.3 Å². The molecule has 0 aliphatic heterocycles. The molecule has 0 saturated carbocycles. The van der Waals surface area contributed by atoms with Gasteiger partial charge in [-0.15, -0.1) is 0 Å². The van der Waals surface area contributed by atoms with Crippen molar-refractivity contribution in [2.24, 2.45) is 11.1 Å². The predicted molar refractivity (Wildman–Crippen MR) is 75.1 cm³/mol. The Labute approximate surface area is 110 Å². The van der Waals surface area contributed by atoms with E-state index >= 15 is 0 Å². The fourth-order valence-electron chi connectivity index (χ4n) is 1.88. The molecule has 0 aliphatic rings. The maximum atomic E-state index is 12.3. The molecule has 1 amide bonds. The van der Waals surface area contributed by atoms with Crippen molar-refractivity contribution in [2.45, 2.75) is 33.7 Å². The van der Waals surface area contributed by atoms with Crippen molar-refractivity contribution in [3.63, 3.8) is 0 Å². The van der Waals surface area contributed by atoms with Gasteiger partial charge in [0.2, 0.25) is 5.91 Å². The molecule has 0 fully saturated rings. The first kappa shape index (κ1) is 14.7. The first-order valence-electron chi connectivity index (χ1n) is 6.44. The Bertz CT molecular complexity index is 393. The molecule has 3 nitrogen and oxygen atoms in total. The summed E-state index contributed by atoms with van der Waals surface area (Å²) in [5, 5.41) is 0. The Morgan fingerprint density at radius 1 is 1.33 bits per heavy atom. The monoisotopic (exact) mass is 248 g/mol. The molecule has 1 rings (SSSR count). The van der Waals surface area contributed by atoms with Gasteiger partial charge in [0.25, 0.3) is 0 Å². The maximum absolute atomic E-state index is 12.3. The molecule has 0 radical (unpaired) electrons. The molecule has 0 bridgehead atoms. The van der Waals surface area contributed by atoms with E-state index in [0.29, 0.717) is 13.1 Å². The van der Waals surface area contributed by atoms with Crippen molar-refractivity contribution < 1.29 is 4.79 Å². The Morgan fingerprint density at radius 3 is 2.33 bits per heavy atom. The summed E-state index contributed by atoms with van der Waals surface area (Å²) in [5.74, 6) is 0.119. The molecule has 2 N–H and O–H groups in total. The first-order valence-corrected chi connectivity index (χ1v) is 6.44. The van der Waals surface area contributed by atoms with Gasteiger partial charge >= 0.3 is 0 Å². The molecule has 0 saturated heterocycles. The van der Waals surface area contributed by atoms with Crippen LogP contribution >= 0.6 is 0 Å². The summed E-state index contributed by atoms with van der Waals surface area (Å²) in [7, 11) is 1.84. The lowest BCUT2D eigenvalue weighted by molar-refractivity contribution is -0.140. The van der Waals surface area contributed by atoms with Crippen LogP contribution in [0.15, 0.2) is 24.3 Å². The standard InChI is InChI=1S/C15H24N2O/c1-5-15(3,11-16)14(18)17(4)10-13-8-6-12(2)7-9-13/h6-9H,5,10-11,16H2,1-4H3. The van der Waals surface area contributed by atoms with Gasteiger partial charge in [0.15, 0.2) is 0 Å². The van der Waals surface area contributed by atoms with Crippen molar-refractivity contribution in [3.8, 4) is 0 Å². The molecule has 100 valence electrons. The van der Waals surface area contributed by atoms with E-state index in [9.17, 15) is 4.79 Å². The molecule has 1 atom stereocenters. The number of hydrogen-bond acceptors (Lipinski definition) is 2. The number of benzene rings is 1. The maximum Gasteiger partial charge on any atom is 0.229 e. The van der Waals surface area contributed by atoms with Gasteiger partial charge in [0, 0.05) is 20.1 Å². The molecule has 1 unspecified atom stereocenters. The van der Waals surface area contributed by atoms with E-state index in [-0.39, 0.29) is 5.91 Å². The lowest BCUT2D eigenvalue weighted by Gasteiger charge is -2.30. The second-order valence-corrected chi connectivity index (χ2v) is 5.27. The third kappa shape index (κ3) is 3.33. The van der Waals surface area contributed by atoms with Crippen LogP contribution in [-0.4, -0.2) is 24.4 Å². The molecule has 1 aromatic carbocycles. The Balaban J connectivity index is 2.73. The van der Waals surface area contributed by atoms with Crippen molar-refractivity contribution in [1.29, 1.82) is 0 Å². The average Bonchev–Trinajstić information content (AvgIpc) is 2.39. The van der Waals surface area contributed by atoms with E-state index in [1.807, 2.05) is 20.9 Å². The van der Waals surface area contributed by atoms with Gasteiger partial charge in [-0.05, 0) is 25.8 Å². The molecule has 0 aromatic heterocycles. The van der Waals surface area contributed by atoms with Crippen LogP contribution in [0.25, 0.3) is 0 Å². The van der Waals surface area contributed by atoms with Crippen LogP contribution in [0.1, 0.15) is 31.4 Å². The Kier molecular flexibility index (Phi) is 4.91. The molecular weight excluding hydrogens is 224 g/mol. The van der Waals surface area contributed by atoms with Crippen LogP contribution in [0.3, 0.4) is 0 Å². The van der Waals surface area contributed by atoms with Crippen molar-refractivity contribution in [1.82, 2.24) is 4.90 Å². The zero-order valence-electron chi connectivity index (χ0n) is 11.9. The third-order valence-corrected chi connectivity index (χ3v) is 3.63. The van der Waals surface area contributed by atoms with Crippen LogP contribution in [0.4, 0.5) is 0 Å². The number of nitrogens with two attached hydrogens (primary N) is 1. The van der Waals surface area contributed by atoms with Crippen molar-refractivity contribution in [3.05, 3.63) is 35.4 Å². The van der Waals surface area contributed by atoms with Crippen LogP contribution in [0.5, 0.6) is 0 Å². The minimum atomic E-state index is -0.445. The highest BCUT2D eigenvalue weighted by Gasteiger charge is 2.32. The fourth-order valence-corrected chi connectivity index (χ4v) is 1.88. The molecule has 0 aliphatic carbocycles. The summed E-state index contributed by atoms with van der Waals surface area (Å²) < 4.78 is 0. The fraction of sp³-hybridized carbons (Fsp3) is 0.533. The average molecular weight is 248 g/mol. The zero-order chi connectivity index (χ0) is 13.8. The lowest BCUT2D eigenvalue weighted by Crippen LogP contribution is -2.44. The Morgan fingerprint density at radius 2 is 1.89 bits per heavy atom. The summed E-state index contributed by atoms with van der Waals surface area (Å²) >= 11 is 0. The number of carbonyl (C=O) groups excluding carboxylic acids is 1. The minimum Gasteiger partial charge on any atom is -0.341 e. The van der Waals surface area contributed by atoms with Crippen molar-refractivity contribution in [2.75, 3.05) is 13.6 Å². The number of carbonyl (C=O) groups is 1. The number of nitrogens with zero attached hydrogens (tertiary/aromatic N) is 1. The second kappa shape index (κ2) is 6.01.